The van der Waals surface area contributed by atoms with E-state index in [4.69, 9.17) is 4.74 Å². The summed E-state index contributed by atoms with van der Waals surface area (Å²) in [6.07, 6.45) is 11.5. The van der Waals surface area contributed by atoms with Crippen molar-refractivity contribution in [2.24, 2.45) is 0 Å². The van der Waals surface area contributed by atoms with Gasteiger partial charge >= 0.3 is 0 Å². The van der Waals surface area contributed by atoms with E-state index in [2.05, 4.69) is 50.9 Å². The van der Waals surface area contributed by atoms with Gasteiger partial charge < -0.3 is 14.3 Å². The van der Waals surface area contributed by atoms with E-state index in [0.29, 0.717) is 6.04 Å². The number of fused-ring (bicyclic) bond motifs is 3. The Balaban J connectivity index is 1.65. The van der Waals surface area contributed by atoms with Crippen LogP contribution in [0.4, 0.5) is 0 Å². The second-order valence-electron chi connectivity index (χ2n) is 7.62. The molecule has 4 aromatic rings. The zero-order chi connectivity index (χ0) is 18.2. The Morgan fingerprint density at radius 3 is 2.70 bits per heavy atom. The predicted molar refractivity (Wildman–Crippen MR) is 110 cm³/mol. The SMILES string of the molecule is COc1ccc(Cc2cc3cnc4[nH]ccc4c3n2C2CCCCC2)cc1. The molecule has 1 aliphatic rings. The maximum Gasteiger partial charge on any atom is 0.139 e. The first-order chi connectivity index (χ1) is 13.3. The molecule has 0 aliphatic heterocycles. The lowest BCUT2D eigenvalue weighted by atomic mass is 9.94. The number of pyridine rings is 1. The normalized spacial score (nSPS) is 15.6. The van der Waals surface area contributed by atoms with Crippen molar-refractivity contribution in [1.29, 1.82) is 0 Å². The van der Waals surface area contributed by atoms with Crippen molar-refractivity contribution in [2.45, 2.75) is 44.6 Å². The number of ether oxygens (including phenoxy) is 1. The third-order valence-electron chi connectivity index (χ3n) is 5.94. The summed E-state index contributed by atoms with van der Waals surface area (Å²) in [7, 11) is 1.71. The molecule has 0 bridgehead atoms. The topological polar surface area (TPSA) is 42.8 Å². The average Bonchev–Trinajstić information content (AvgIpc) is 3.33. The number of hydrogen-bond acceptors (Lipinski definition) is 2. The number of nitrogens with one attached hydrogen (secondary N) is 1. The lowest BCUT2D eigenvalue weighted by Gasteiger charge is -2.27. The fourth-order valence-corrected chi connectivity index (χ4v) is 4.62. The molecule has 27 heavy (non-hydrogen) atoms. The average molecular weight is 359 g/mol. The molecule has 138 valence electrons. The van der Waals surface area contributed by atoms with Crippen molar-refractivity contribution >= 4 is 21.9 Å². The molecule has 1 fully saturated rings. The molecule has 1 aliphatic carbocycles. The summed E-state index contributed by atoms with van der Waals surface area (Å²) in [5, 5.41) is 2.48. The van der Waals surface area contributed by atoms with Crippen LogP contribution in [0.15, 0.2) is 48.8 Å². The molecular formula is C23H25N3O. The second-order valence-corrected chi connectivity index (χ2v) is 7.62. The van der Waals surface area contributed by atoms with Crippen LogP contribution in [0.1, 0.15) is 49.4 Å². The molecule has 1 saturated carbocycles. The highest BCUT2D eigenvalue weighted by molar-refractivity contribution is 6.03. The van der Waals surface area contributed by atoms with Crippen LogP contribution in [0, 0.1) is 0 Å². The molecule has 3 heterocycles. The van der Waals surface area contributed by atoms with Crippen LogP contribution >= 0.6 is 0 Å². The van der Waals surface area contributed by atoms with E-state index in [-0.39, 0.29) is 0 Å². The molecule has 0 atom stereocenters. The summed E-state index contributed by atoms with van der Waals surface area (Å²) >= 11 is 0. The zero-order valence-corrected chi connectivity index (χ0v) is 15.7. The summed E-state index contributed by atoms with van der Waals surface area (Å²) in [5.41, 5.74) is 5.02. The van der Waals surface area contributed by atoms with E-state index in [0.717, 1.165) is 17.8 Å². The van der Waals surface area contributed by atoms with Gasteiger partial charge in [-0.15, -0.1) is 0 Å². The molecule has 0 amide bonds. The minimum Gasteiger partial charge on any atom is -0.497 e. The van der Waals surface area contributed by atoms with Crippen molar-refractivity contribution in [3.63, 3.8) is 0 Å². The van der Waals surface area contributed by atoms with Crippen molar-refractivity contribution in [1.82, 2.24) is 14.5 Å². The summed E-state index contributed by atoms with van der Waals surface area (Å²) in [6, 6.07) is 13.5. The van der Waals surface area contributed by atoms with E-state index in [1.54, 1.807) is 7.11 Å². The first-order valence-electron chi connectivity index (χ1n) is 9.92. The van der Waals surface area contributed by atoms with Gasteiger partial charge in [-0.3, -0.25) is 0 Å². The van der Waals surface area contributed by atoms with Crippen molar-refractivity contribution in [3.05, 3.63) is 60.0 Å². The Morgan fingerprint density at radius 2 is 1.93 bits per heavy atom. The predicted octanol–water partition coefficient (Wildman–Crippen LogP) is 5.62. The molecule has 1 N–H and O–H groups in total. The Labute approximate surface area is 159 Å². The number of benzene rings is 1. The van der Waals surface area contributed by atoms with Gasteiger partial charge in [0.05, 0.1) is 12.6 Å². The highest BCUT2D eigenvalue weighted by Crippen LogP contribution is 2.36. The van der Waals surface area contributed by atoms with E-state index in [1.807, 2.05) is 12.4 Å². The van der Waals surface area contributed by atoms with Gasteiger partial charge in [-0.1, -0.05) is 31.4 Å². The fourth-order valence-electron chi connectivity index (χ4n) is 4.62. The molecule has 4 nitrogen and oxygen atoms in total. The van der Waals surface area contributed by atoms with E-state index in [9.17, 15) is 0 Å². The number of H-pyrrole nitrogens is 1. The van der Waals surface area contributed by atoms with Gasteiger partial charge in [-0.05, 0) is 42.7 Å². The standard InChI is InChI=1S/C23H25N3O/c1-27-20-9-7-16(8-10-20)13-19-14-17-15-25-23-21(11-12-24-23)22(17)26(19)18-5-3-2-4-6-18/h7-12,14-15,18H,2-6,13H2,1H3,(H,24,25). The summed E-state index contributed by atoms with van der Waals surface area (Å²) in [5.74, 6) is 0.907. The maximum atomic E-state index is 5.31. The minimum atomic E-state index is 0.588. The number of aromatic amines is 1. The Bertz CT molecular complexity index is 1070. The van der Waals surface area contributed by atoms with E-state index < -0.39 is 0 Å². The Kier molecular flexibility index (Phi) is 4.12. The van der Waals surface area contributed by atoms with Crippen LogP contribution in [0.3, 0.4) is 0 Å². The molecule has 0 radical (unpaired) electrons. The van der Waals surface area contributed by atoms with Crippen LogP contribution in [0.5, 0.6) is 5.75 Å². The highest BCUT2D eigenvalue weighted by Gasteiger charge is 2.22. The lowest BCUT2D eigenvalue weighted by Crippen LogP contribution is -2.15. The largest absolute Gasteiger partial charge is 0.497 e. The van der Waals surface area contributed by atoms with Crippen LogP contribution in [-0.2, 0) is 6.42 Å². The highest BCUT2D eigenvalue weighted by atomic mass is 16.5. The van der Waals surface area contributed by atoms with Crippen LogP contribution in [-0.4, -0.2) is 21.6 Å². The third-order valence-corrected chi connectivity index (χ3v) is 5.94. The zero-order valence-electron chi connectivity index (χ0n) is 15.7. The fraction of sp³-hybridized carbons (Fsp3) is 0.348. The molecule has 0 saturated heterocycles. The Morgan fingerprint density at radius 1 is 1.11 bits per heavy atom. The number of rotatable bonds is 4. The van der Waals surface area contributed by atoms with Gasteiger partial charge in [0, 0.05) is 41.3 Å². The van der Waals surface area contributed by atoms with Gasteiger partial charge in [0.25, 0.3) is 0 Å². The van der Waals surface area contributed by atoms with Crippen molar-refractivity contribution in [2.75, 3.05) is 7.11 Å². The summed E-state index contributed by atoms with van der Waals surface area (Å²) < 4.78 is 7.93. The van der Waals surface area contributed by atoms with Gasteiger partial charge in [-0.2, -0.15) is 0 Å². The second kappa shape index (κ2) is 6.76. The Hall–Kier alpha value is -2.75. The van der Waals surface area contributed by atoms with Crippen LogP contribution in [0.2, 0.25) is 0 Å². The smallest absolute Gasteiger partial charge is 0.139 e. The molecule has 1 aromatic carbocycles. The minimum absolute atomic E-state index is 0.588. The summed E-state index contributed by atoms with van der Waals surface area (Å²) in [6.45, 7) is 0. The summed E-state index contributed by atoms with van der Waals surface area (Å²) in [4.78, 5) is 7.89. The number of aromatic nitrogens is 3. The maximum absolute atomic E-state index is 5.31. The molecular weight excluding hydrogens is 334 g/mol. The molecule has 0 unspecified atom stereocenters. The molecule has 3 aromatic heterocycles. The number of nitrogens with zero attached hydrogens (tertiary/aromatic N) is 2. The quantitative estimate of drug-likeness (QED) is 0.514. The van der Waals surface area contributed by atoms with Crippen molar-refractivity contribution in [3.8, 4) is 5.75 Å². The molecule has 4 heteroatoms. The third kappa shape index (κ3) is 2.89. The van der Waals surface area contributed by atoms with Crippen LogP contribution < -0.4 is 4.74 Å². The van der Waals surface area contributed by atoms with Gasteiger partial charge in [0.1, 0.15) is 11.4 Å². The van der Waals surface area contributed by atoms with E-state index >= 15 is 0 Å². The molecule has 5 rings (SSSR count). The number of hydrogen-bond donors (Lipinski definition) is 1. The van der Waals surface area contributed by atoms with Gasteiger partial charge in [-0.25, -0.2) is 4.98 Å². The monoisotopic (exact) mass is 359 g/mol. The van der Waals surface area contributed by atoms with Gasteiger partial charge in [0.2, 0.25) is 0 Å². The molecule has 0 spiro atoms. The van der Waals surface area contributed by atoms with Gasteiger partial charge in [0.15, 0.2) is 0 Å². The van der Waals surface area contributed by atoms with E-state index in [1.165, 1.54) is 59.7 Å². The number of methoxy groups -OCH3 is 1. The first-order valence-corrected chi connectivity index (χ1v) is 9.92. The first kappa shape index (κ1) is 16.4. The lowest BCUT2D eigenvalue weighted by molar-refractivity contribution is 0.356. The van der Waals surface area contributed by atoms with Crippen molar-refractivity contribution < 1.29 is 4.74 Å². The van der Waals surface area contributed by atoms with Crippen LogP contribution in [0.25, 0.3) is 21.9 Å².